The van der Waals surface area contributed by atoms with Crippen molar-refractivity contribution in [2.45, 2.75) is 30.7 Å². The lowest BCUT2D eigenvalue weighted by atomic mass is 10.1. The molecule has 0 radical (unpaired) electrons. The van der Waals surface area contributed by atoms with Gasteiger partial charge in [0.1, 0.15) is 0 Å². The van der Waals surface area contributed by atoms with Crippen molar-refractivity contribution in [1.82, 2.24) is 15.3 Å². The molecule has 1 aromatic heterocycles. The van der Waals surface area contributed by atoms with Gasteiger partial charge in [-0.25, -0.2) is 4.98 Å². The first-order valence-electron chi connectivity index (χ1n) is 7.70. The predicted molar refractivity (Wildman–Crippen MR) is 97.2 cm³/mol. The van der Waals surface area contributed by atoms with Crippen LogP contribution in [0, 0.1) is 6.92 Å². The fourth-order valence-corrected chi connectivity index (χ4v) is 3.19. The van der Waals surface area contributed by atoms with Gasteiger partial charge in [0.2, 0.25) is 5.91 Å². The number of thioether (sulfide) groups is 1. The van der Waals surface area contributed by atoms with E-state index in [1.165, 1.54) is 11.8 Å². The van der Waals surface area contributed by atoms with Crippen LogP contribution in [-0.2, 0) is 11.2 Å². The molecule has 0 spiro atoms. The number of hydrogen-bond donors (Lipinski definition) is 2. The highest BCUT2D eigenvalue weighted by molar-refractivity contribution is 7.99. The van der Waals surface area contributed by atoms with Crippen LogP contribution in [0.5, 0.6) is 0 Å². The molecule has 2 rings (SSSR count). The Balaban J connectivity index is 2.13. The number of carbonyl (C=O) groups excluding carboxylic acids is 1. The third-order valence-electron chi connectivity index (χ3n) is 3.54. The quantitative estimate of drug-likeness (QED) is 0.460. The maximum Gasteiger partial charge on any atom is 0.255 e. The number of amides is 1. The molecule has 1 heterocycles. The van der Waals surface area contributed by atoms with E-state index in [2.05, 4.69) is 28.8 Å². The summed E-state index contributed by atoms with van der Waals surface area (Å²) in [5.74, 6) is -0.219. The highest BCUT2D eigenvalue weighted by Crippen LogP contribution is 2.32. The van der Waals surface area contributed by atoms with Crippen LogP contribution < -0.4 is 10.9 Å². The summed E-state index contributed by atoms with van der Waals surface area (Å²) in [5.41, 5.74) is 1.87. The number of aromatic nitrogens is 2. The minimum atomic E-state index is -0.265. The second-order valence-electron chi connectivity index (χ2n) is 5.38. The zero-order valence-electron chi connectivity index (χ0n) is 13.8. The number of H-pyrrole nitrogens is 1. The number of aromatic amines is 1. The van der Waals surface area contributed by atoms with Crippen molar-refractivity contribution >= 4 is 17.7 Å². The molecule has 0 aliphatic rings. The van der Waals surface area contributed by atoms with E-state index >= 15 is 0 Å². The molecule has 6 heteroatoms. The molecule has 1 amide bonds. The standard InChI is InChI=1S/C18H21N3O2S/c1-4-10-19-16(22)11-15-12(2)20-18(21-17(15)23)24-13(3)14-8-6-5-7-9-14/h4-9,13H,1,10-11H2,2-3H3,(H,19,22)(H,20,21,23). The molecule has 0 fully saturated rings. The molecule has 0 aliphatic heterocycles. The third-order valence-corrected chi connectivity index (χ3v) is 4.58. The molecule has 0 saturated carbocycles. The molecule has 0 saturated heterocycles. The molecular weight excluding hydrogens is 322 g/mol. The van der Waals surface area contributed by atoms with E-state index in [1.807, 2.05) is 30.3 Å². The van der Waals surface area contributed by atoms with E-state index in [0.717, 1.165) is 5.56 Å². The maximum absolute atomic E-state index is 12.3. The van der Waals surface area contributed by atoms with Crippen molar-refractivity contribution in [3.63, 3.8) is 0 Å². The minimum Gasteiger partial charge on any atom is -0.352 e. The van der Waals surface area contributed by atoms with Crippen LogP contribution in [0.2, 0.25) is 0 Å². The first kappa shape index (κ1) is 18.0. The molecule has 1 atom stereocenters. The van der Waals surface area contributed by atoms with Crippen LogP contribution in [0.15, 0.2) is 52.9 Å². The number of nitrogens with one attached hydrogen (secondary N) is 2. The van der Waals surface area contributed by atoms with Gasteiger partial charge in [0.15, 0.2) is 5.16 Å². The summed E-state index contributed by atoms with van der Waals surface area (Å²) in [6.45, 7) is 7.74. The molecule has 5 nitrogen and oxygen atoms in total. The smallest absolute Gasteiger partial charge is 0.255 e. The van der Waals surface area contributed by atoms with Crippen LogP contribution in [0.25, 0.3) is 0 Å². The van der Waals surface area contributed by atoms with Gasteiger partial charge < -0.3 is 10.3 Å². The van der Waals surface area contributed by atoms with Crippen LogP contribution in [0.3, 0.4) is 0 Å². The molecular formula is C18H21N3O2S. The van der Waals surface area contributed by atoms with Gasteiger partial charge in [-0.05, 0) is 19.4 Å². The topological polar surface area (TPSA) is 74.8 Å². The Bertz CT molecular complexity index is 772. The Morgan fingerprint density at radius 2 is 2.12 bits per heavy atom. The molecule has 0 aliphatic carbocycles. The molecule has 126 valence electrons. The molecule has 2 aromatic rings. The maximum atomic E-state index is 12.3. The largest absolute Gasteiger partial charge is 0.352 e. The van der Waals surface area contributed by atoms with Crippen LogP contribution in [0.4, 0.5) is 0 Å². The van der Waals surface area contributed by atoms with Gasteiger partial charge >= 0.3 is 0 Å². The first-order chi connectivity index (χ1) is 11.5. The highest BCUT2D eigenvalue weighted by atomic mass is 32.2. The van der Waals surface area contributed by atoms with Crippen molar-refractivity contribution in [1.29, 1.82) is 0 Å². The van der Waals surface area contributed by atoms with E-state index in [4.69, 9.17) is 0 Å². The lowest BCUT2D eigenvalue weighted by molar-refractivity contribution is -0.120. The van der Waals surface area contributed by atoms with E-state index in [0.29, 0.717) is 23.0 Å². The summed E-state index contributed by atoms with van der Waals surface area (Å²) in [7, 11) is 0. The first-order valence-corrected chi connectivity index (χ1v) is 8.58. The van der Waals surface area contributed by atoms with Crippen molar-refractivity contribution in [2.75, 3.05) is 6.54 Å². The summed E-state index contributed by atoms with van der Waals surface area (Å²) >= 11 is 1.49. The number of nitrogens with zero attached hydrogens (tertiary/aromatic N) is 1. The fraction of sp³-hybridized carbons (Fsp3) is 0.278. The van der Waals surface area contributed by atoms with E-state index in [1.54, 1.807) is 13.0 Å². The minimum absolute atomic E-state index is 0.0151. The van der Waals surface area contributed by atoms with E-state index in [-0.39, 0.29) is 23.1 Å². The Kier molecular flexibility index (Phi) is 6.37. The number of carbonyl (C=O) groups is 1. The molecule has 0 bridgehead atoms. The van der Waals surface area contributed by atoms with Gasteiger partial charge in [-0.15, -0.1) is 6.58 Å². The highest BCUT2D eigenvalue weighted by Gasteiger charge is 2.14. The van der Waals surface area contributed by atoms with Gasteiger partial charge in [0.25, 0.3) is 5.56 Å². The average Bonchev–Trinajstić information content (AvgIpc) is 2.57. The normalized spacial score (nSPS) is 11.8. The average molecular weight is 343 g/mol. The van der Waals surface area contributed by atoms with Gasteiger partial charge in [0, 0.05) is 23.1 Å². The summed E-state index contributed by atoms with van der Waals surface area (Å²) in [6.07, 6.45) is 1.61. The summed E-state index contributed by atoms with van der Waals surface area (Å²) in [6, 6.07) is 10.0. The number of hydrogen-bond acceptors (Lipinski definition) is 4. The van der Waals surface area contributed by atoms with Crippen molar-refractivity contribution in [3.8, 4) is 0 Å². The van der Waals surface area contributed by atoms with Crippen molar-refractivity contribution in [2.24, 2.45) is 0 Å². The van der Waals surface area contributed by atoms with E-state index < -0.39 is 0 Å². The van der Waals surface area contributed by atoms with Gasteiger partial charge in [-0.2, -0.15) is 0 Å². The van der Waals surface area contributed by atoms with Gasteiger partial charge in [0.05, 0.1) is 6.42 Å². The second kappa shape index (κ2) is 8.49. The zero-order chi connectivity index (χ0) is 17.5. The number of benzene rings is 1. The van der Waals surface area contributed by atoms with Gasteiger partial charge in [-0.1, -0.05) is 48.2 Å². The number of rotatable bonds is 7. The SMILES string of the molecule is C=CCNC(=O)Cc1c(C)nc(SC(C)c2ccccc2)[nH]c1=O. The molecule has 2 N–H and O–H groups in total. The third kappa shape index (κ3) is 4.83. The number of aryl methyl sites for hydroxylation is 1. The predicted octanol–water partition coefficient (Wildman–Crippen LogP) is 2.78. The van der Waals surface area contributed by atoms with Gasteiger partial charge in [-0.3, -0.25) is 9.59 Å². The summed E-state index contributed by atoms with van der Waals surface area (Å²) < 4.78 is 0. The Labute approximate surface area is 145 Å². The molecule has 1 aromatic carbocycles. The fourth-order valence-electron chi connectivity index (χ4n) is 2.22. The summed E-state index contributed by atoms with van der Waals surface area (Å²) in [5, 5.41) is 3.38. The molecule has 24 heavy (non-hydrogen) atoms. The monoisotopic (exact) mass is 343 g/mol. The molecule has 1 unspecified atom stereocenters. The lowest BCUT2D eigenvalue weighted by Gasteiger charge is -2.12. The van der Waals surface area contributed by atoms with Crippen molar-refractivity contribution in [3.05, 3.63) is 70.2 Å². The Morgan fingerprint density at radius 3 is 2.75 bits per heavy atom. The van der Waals surface area contributed by atoms with Crippen molar-refractivity contribution < 1.29 is 4.79 Å². The Hall–Kier alpha value is -2.34. The zero-order valence-corrected chi connectivity index (χ0v) is 14.7. The lowest BCUT2D eigenvalue weighted by Crippen LogP contribution is -2.29. The Morgan fingerprint density at radius 1 is 1.42 bits per heavy atom. The van der Waals surface area contributed by atoms with E-state index in [9.17, 15) is 9.59 Å². The van der Waals surface area contributed by atoms with Crippen LogP contribution >= 0.6 is 11.8 Å². The van der Waals surface area contributed by atoms with Crippen LogP contribution in [-0.4, -0.2) is 22.4 Å². The second-order valence-corrected chi connectivity index (χ2v) is 6.70. The summed E-state index contributed by atoms with van der Waals surface area (Å²) in [4.78, 5) is 31.3. The van der Waals surface area contributed by atoms with Crippen LogP contribution in [0.1, 0.15) is 29.0 Å².